The quantitative estimate of drug-likeness (QED) is 0.694. The Hall–Kier alpha value is -2.45. The maximum Gasteiger partial charge on any atom is 0.249 e. The number of hydrogen-bond acceptors (Lipinski definition) is 6. The van der Waals surface area contributed by atoms with Gasteiger partial charge < -0.3 is 15.0 Å². The Bertz CT molecular complexity index is 1040. The summed E-state index contributed by atoms with van der Waals surface area (Å²) in [6.45, 7) is 6.62. The zero-order chi connectivity index (χ0) is 20.7. The van der Waals surface area contributed by atoms with Crippen LogP contribution in [0.3, 0.4) is 0 Å². The molecule has 1 aromatic carbocycles. The van der Waals surface area contributed by atoms with Gasteiger partial charge in [0.05, 0.1) is 16.1 Å². The number of ether oxygens (including phenoxy) is 1. The van der Waals surface area contributed by atoms with Crippen molar-refractivity contribution in [2.75, 3.05) is 24.6 Å². The van der Waals surface area contributed by atoms with Gasteiger partial charge in [-0.25, -0.2) is 4.68 Å². The first-order chi connectivity index (χ1) is 14.6. The second-order valence-electron chi connectivity index (χ2n) is 8.25. The zero-order valence-corrected chi connectivity index (χ0v) is 18.2. The van der Waals surface area contributed by atoms with Gasteiger partial charge in [0.15, 0.2) is 10.8 Å². The van der Waals surface area contributed by atoms with Crippen molar-refractivity contribution in [3.8, 4) is 5.69 Å². The molecular weight excluding hydrogens is 398 g/mol. The number of fused-ring (bicyclic) bond motifs is 1. The van der Waals surface area contributed by atoms with E-state index in [1.165, 1.54) is 5.56 Å². The Labute approximate surface area is 180 Å². The Morgan fingerprint density at radius 3 is 2.63 bits per heavy atom. The number of benzene rings is 1. The Balaban J connectivity index is 1.28. The molecule has 0 unspecified atom stereocenters. The van der Waals surface area contributed by atoms with Gasteiger partial charge in [0.1, 0.15) is 6.10 Å². The highest BCUT2D eigenvalue weighted by Gasteiger charge is 2.28. The van der Waals surface area contributed by atoms with Crippen molar-refractivity contribution in [3.63, 3.8) is 0 Å². The summed E-state index contributed by atoms with van der Waals surface area (Å²) < 4.78 is 8.58. The summed E-state index contributed by atoms with van der Waals surface area (Å²) >= 11 is 1.71. The van der Waals surface area contributed by atoms with Crippen LogP contribution in [0, 0.1) is 13.8 Å². The monoisotopic (exact) mass is 425 g/mol. The second kappa shape index (κ2) is 8.00. The molecule has 1 amide bonds. The minimum absolute atomic E-state index is 0.0553. The third-order valence-corrected chi connectivity index (χ3v) is 7.20. The van der Waals surface area contributed by atoms with Gasteiger partial charge in [0, 0.05) is 25.7 Å². The van der Waals surface area contributed by atoms with Crippen molar-refractivity contribution in [1.29, 1.82) is 0 Å². The molecule has 5 rings (SSSR count). The summed E-state index contributed by atoms with van der Waals surface area (Å²) in [6.07, 6.45) is 3.43. The molecule has 1 N–H and O–H groups in total. The Morgan fingerprint density at radius 2 is 1.93 bits per heavy atom. The molecule has 0 aliphatic carbocycles. The second-order valence-corrected chi connectivity index (χ2v) is 9.23. The molecule has 0 saturated carbocycles. The van der Waals surface area contributed by atoms with Crippen LogP contribution in [0.4, 0.5) is 5.13 Å². The van der Waals surface area contributed by atoms with E-state index < -0.39 is 0 Å². The van der Waals surface area contributed by atoms with Crippen molar-refractivity contribution in [3.05, 3.63) is 35.5 Å². The lowest BCUT2D eigenvalue weighted by atomic mass is 10.0. The van der Waals surface area contributed by atoms with Crippen LogP contribution in [-0.4, -0.2) is 52.5 Å². The Morgan fingerprint density at radius 1 is 1.17 bits per heavy atom. The van der Waals surface area contributed by atoms with Gasteiger partial charge in [-0.15, -0.1) is 0 Å². The number of aryl methyl sites for hydroxylation is 2. The molecule has 4 heterocycles. The van der Waals surface area contributed by atoms with Crippen LogP contribution in [0.2, 0.25) is 0 Å². The summed E-state index contributed by atoms with van der Waals surface area (Å²) in [5.74, 6) is 0.0553. The van der Waals surface area contributed by atoms with E-state index in [1.807, 2.05) is 11.6 Å². The van der Waals surface area contributed by atoms with Crippen LogP contribution in [-0.2, 0) is 9.53 Å². The predicted molar refractivity (Wildman–Crippen MR) is 119 cm³/mol. The average molecular weight is 426 g/mol. The van der Waals surface area contributed by atoms with E-state index in [9.17, 15) is 4.79 Å². The van der Waals surface area contributed by atoms with E-state index in [2.05, 4.69) is 41.4 Å². The maximum atomic E-state index is 12.3. The number of thiazole rings is 1. The van der Waals surface area contributed by atoms with E-state index in [-0.39, 0.29) is 18.1 Å². The molecule has 0 spiro atoms. The van der Waals surface area contributed by atoms with E-state index in [1.54, 1.807) is 11.3 Å². The number of aromatic nitrogens is 3. The standard InChI is InChI=1S/C22H27N5O2S/c1-14-5-7-17(8-6-14)27-20-19(15(2)25-27)30-22(24-20)26-11-9-16(10-12-26)23-21(28)18-4-3-13-29-18/h5-8,16,18H,3-4,9-13H2,1-2H3,(H,23,28)/t18-/m0/s1. The lowest BCUT2D eigenvalue weighted by Gasteiger charge is -2.32. The fourth-order valence-corrected chi connectivity index (χ4v) is 5.26. The number of hydrogen-bond donors (Lipinski definition) is 1. The number of piperidine rings is 1. The lowest BCUT2D eigenvalue weighted by molar-refractivity contribution is -0.130. The number of nitrogens with zero attached hydrogens (tertiary/aromatic N) is 4. The van der Waals surface area contributed by atoms with Gasteiger partial charge in [-0.2, -0.15) is 10.1 Å². The fourth-order valence-electron chi connectivity index (χ4n) is 4.22. The molecule has 2 aromatic heterocycles. The molecule has 30 heavy (non-hydrogen) atoms. The van der Waals surface area contributed by atoms with Crippen molar-refractivity contribution < 1.29 is 9.53 Å². The molecule has 2 fully saturated rings. The first-order valence-electron chi connectivity index (χ1n) is 10.7. The minimum Gasteiger partial charge on any atom is -0.368 e. The number of carbonyl (C=O) groups is 1. The summed E-state index contributed by atoms with van der Waals surface area (Å²) in [7, 11) is 0. The van der Waals surface area contributed by atoms with E-state index in [0.717, 1.165) is 65.6 Å². The van der Waals surface area contributed by atoms with Crippen molar-refractivity contribution in [2.24, 2.45) is 0 Å². The zero-order valence-electron chi connectivity index (χ0n) is 17.4. The first-order valence-corrected chi connectivity index (χ1v) is 11.5. The van der Waals surface area contributed by atoms with Gasteiger partial charge in [0.2, 0.25) is 5.91 Å². The van der Waals surface area contributed by atoms with Crippen molar-refractivity contribution in [1.82, 2.24) is 20.1 Å². The van der Waals surface area contributed by atoms with Crippen LogP contribution in [0.1, 0.15) is 36.9 Å². The van der Waals surface area contributed by atoms with Gasteiger partial charge >= 0.3 is 0 Å². The lowest BCUT2D eigenvalue weighted by Crippen LogP contribution is -2.47. The van der Waals surface area contributed by atoms with Gasteiger partial charge in [-0.3, -0.25) is 4.79 Å². The number of anilines is 1. The Kier molecular flexibility index (Phi) is 5.20. The van der Waals surface area contributed by atoms with Crippen LogP contribution in [0.5, 0.6) is 0 Å². The summed E-state index contributed by atoms with van der Waals surface area (Å²) in [4.78, 5) is 19.6. The minimum atomic E-state index is -0.250. The van der Waals surface area contributed by atoms with Crippen LogP contribution in [0.15, 0.2) is 24.3 Å². The normalized spacial score (nSPS) is 20.2. The number of carbonyl (C=O) groups excluding carboxylic acids is 1. The van der Waals surface area contributed by atoms with Crippen LogP contribution >= 0.6 is 11.3 Å². The number of nitrogens with one attached hydrogen (secondary N) is 1. The molecule has 0 bridgehead atoms. The third kappa shape index (κ3) is 3.70. The van der Waals surface area contributed by atoms with E-state index in [4.69, 9.17) is 14.8 Å². The molecule has 3 aromatic rings. The highest BCUT2D eigenvalue weighted by molar-refractivity contribution is 7.22. The SMILES string of the molecule is Cc1ccc(-n2nc(C)c3sc(N4CCC(NC(=O)[C@@H]5CCCO5)CC4)nc32)cc1. The topological polar surface area (TPSA) is 72.3 Å². The van der Waals surface area contributed by atoms with Gasteiger partial charge in [-0.1, -0.05) is 29.0 Å². The molecule has 1 atom stereocenters. The molecule has 8 heteroatoms. The first kappa shape index (κ1) is 19.5. The fraction of sp³-hybridized carbons (Fsp3) is 0.500. The van der Waals surface area contributed by atoms with Gasteiger partial charge in [-0.05, 0) is 51.7 Å². The molecule has 158 valence electrons. The molecule has 7 nitrogen and oxygen atoms in total. The van der Waals surface area contributed by atoms with Gasteiger partial charge in [0.25, 0.3) is 0 Å². The number of amides is 1. The molecule has 2 saturated heterocycles. The largest absolute Gasteiger partial charge is 0.368 e. The summed E-state index contributed by atoms with van der Waals surface area (Å²) in [5.41, 5.74) is 4.19. The number of rotatable bonds is 4. The van der Waals surface area contributed by atoms with Crippen LogP contribution in [0.25, 0.3) is 16.0 Å². The van der Waals surface area contributed by atoms with E-state index >= 15 is 0 Å². The van der Waals surface area contributed by atoms with Crippen LogP contribution < -0.4 is 10.2 Å². The predicted octanol–water partition coefficient (Wildman–Crippen LogP) is 3.36. The van der Waals surface area contributed by atoms with Crippen molar-refractivity contribution in [2.45, 2.75) is 51.7 Å². The van der Waals surface area contributed by atoms with E-state index in [0.29, 0.717) is 6.61 Å². The smallest absolute Gasteiger partial charge is 0.249 e. The summed E-state index contributed by atoms with van der Waals surface area (Å²) in [5, 5.41) is 8.92. The van der Waals surface area contributed by atoms with Crippen molar-refractivity contribution >= 4 is 32.7 Å². The summed E-state index contributed by atoms with van der Waals surface area (Å²) in [6, 6.07) is 8.59. The molecule has 2 aliphatic heterocycles. The molecule has 0 radical (unpaired) electrons. The maximum absolute atomic E-state index is 12.3. The highest BCUT2D eigenvalue weighted by Crippen LogP contribution is 2.33. The molecular formula is C22H27N5O2S. The average Bonchev–Trinajstić information content (AvgIpc) is 3.48. The highest BCUT2D eigenvalue weighted by atomic mass is 32.1. The third-order valence-electron chi connectivity index (χ3n) is 5.99. The molecule has 2 aliphatic rings.